The van der Waals surface area contributed by atoms with Gasteiger partial charge in [-0.05, 0) is 32.4 Å². The van der Waals surface area contributed by atoms with E-state index in [2.05, 4.69) is 33.9 Å². The number of morpholine rings is 1. The molecule has 5 nitrogen and oxygen atoms in total. The van der Waals surface area contributed by atoms with E-state index in [0.717, 1.165) is 18.9 Å². The smallest absolute Gasteiger partial charge is 0.244 e. The second-order valence-electron chi connectivity index (χ2n) is 4.65. The summed E-state index contributed by atoms with van der Waals surface area (Å²) in [5.74, 6) is 0.753. The first kappa shape index (κ1) is 11.5. The fraction of sp³-hybridized carbons (Fsp3) is 0.700. The topological polar surface area (TPSA) is 51.1 Å². The molecule has 0 N–H and O–H groups in total. The summed E-state index contributed by atoms with van der Waals surface area (Å²) in [5, 5.41) is 7.62. The molecule has 2 rings (SSSR count). The molecular formula is C10H15ClN4O. The van der Waals surface area contributed by atoms with Crippen LogP contribution < -0.4 is 4.90 Å². The van der Waals surface area contributed by atoms with Crippen LogP contribution in [-0.2, 0) is 4.74 Å². The van der Waals surface area contributed by atoms with E-state index in [1.807, 2.05) is 6.92 Å². The molecule has 1 atom stereocenters. The molecule has 0 amide bonds. The highest BCUT2D eigenvalue weighted by Gasteiger charge is 2.32. The molecule has 1 aromatic heterocycles. The van der Waals surface area contributed by atoms with Crippen LogP contribution in [0.2, 0.25) is 5.28 Å². The first-order chi connectivity index (χ1) is 7.46. The minimum absolute atomic E-state index is 0.164. The molecule has 0 aromatic carbocycles. The Morgan fingerprint density at radius 2 is 2.31 bits per heavy atom. The number of anilines is 1. The van der Waals surface area contributed by atoms with Crippen molar-refractivity contribution in [2.24, 2.45) is 0 Å². The van der Waals surface area contributed by atoms with E-state index in [1.54, 1.807) is 6.20 Å². The predicted molar refractivity (Wildman–Crippen MR) is 61.7 cm³/mol. The van der Waals surface area contributed by atoms with Crippen LogP contribution in [0.4, 0.5) is 5.82 Å². The Kier molecular flexibility index (Phi) is 2.99. The Balaban J connectivity index is 2.21. The van der Waals surface area contributed by atoms with Crippen molar-refractivity contribution in [2.45, 2.75) is 32.5 Å². The van der Waals surface area contributed by atoms with Crippen LogP contribution >= 0.6 is 11.6 Å². The SMILES string of the molecule is CC1CN(c2cnnc(Cl)n2)CC(C)(C)O1. The highest BCUT2D eigenvalue weighted by Crippen LogP contribution is 2.24. The van der Waals surface area contributed by atoms with Gasteiger partial charge in [0.05, 0.1) is 17.9 Å². The first-order valence-corrected chi connectivity index (χ1v) is 5.62. The highest BCUT2D eigenvalue weighted by molar-refractivity contribution is 6.28. The molecule has 16 heavy (non-hydrogen) atoms. The molecule has 1 aromatic rings. The maximum atomic E-state index is 5.82. The molecular weight excluding hydrogens is 228 g/mol. The highest BCUT2D eigenvalue weighted by atomic mass is 35.5. The number of hydrogen-bond acceptors (Lipinski definition) is 5. The Morgan fingerprint density at radius 3 is 2.94 bits per heavy atom. The molecule has 1 saturated heterocycles. The summed E-state index contributed by atoms with van der Waals surface area (Å²) >= 11 is 5.73. The second kappa shape index (κ2) is 4.14. The van der Waals surface area contributed by atoms with Crippen LogP contribution in [-0.4, -0.2) is 40.0 Å². The molecule has 88 valence electrons. The van der Waals surface area contributed by atoms with Gasteiger partial charge in [-0.3, -0.25) is 0 Å². The van der Waals surface area contributed by atoms with Gasteiger partial charge in [0, 0.05) is 13.1 Å². The summed E-state index contributed by atoms with van der Waals surface area (Å²) in [6, 6.07) is 0. The zero-order chi connectivity index (χ0) is 11.8. The minimum atomic E-state index is -0.185. The average molecular weight is 243 g/mol. The summed E-state index contributed by atoms with van der Waals surface area (Å²) < 4.78 is 5.82. The van der Waals surface area contributed by atoms with Gasteiger partial charge in [0.1, 0.15) is 0 Å². The molecule has 0 aliphatic carbocycles. The van der Waals surface area contributed by atoms with Gasteiger partial charge in [0.25, 0.3) is 0 Å². The van der Waals surface area contributed by atoms with Crippen molar-refractivity contribution >= 4 is 17.4 Å². The lowest BCUT2D eigenvalue weighted by atomic mass is 10.1. The lowest BCUT2D eigenvalue weighted by Crippen LogP contribution is -2.52. The van der Waals surface area contributed by atoms with E-state index >= 15 is 0 Å². The fourth-order valence-electron chi connectivity index (χ4n) is 2.05. The largest absolute Gasteiger partial charge is 0.369 e. The lowest BCUT2D eigenvalue weighted by Gasteiger charge is -2.42. The van der Waals surface area contributed by atoms with Crippen molar-refractivity contribution in [1.29, 1.82) is 0 Å². The van der Waals surface area contributed by atoms with E-state index in [9.17, 15) is 0 Å². The van der Waals surface area contributed by atoms with Crippen molar-refractivity contribution in [3.63, 3.8) is 0 Å². The lowest BCUT2D eigenvalue weighted by molar-refractivity contribution is -0.0751. The van der Waals surface area contributed by atoms with Gasteiger partial charge in [0.15, 0.2) is 5.82 Å². The number of aromatic nitrogens is 3. The number of nitrogens with zero attached hydrogens (tertiary/aromatic N) is 4. The van der Waals surface area contributed by atoms with Crippen molar-refractivity contribution in [2.75, 3.05) is 18.0 Å². The van der Waals surface area contributed by atoms with Gasteiger partial charge in [-0.15, -0.1) is 5.10 Å². The Bertz CT molecular complexity index is 385. The third kappa shape index (κ3) is 2.59. The van der Waals surface area contributed by atoms with E-state index in [1.165, 1.54) is 0 Å². The zero-order valence-electron chi connectivity index (χ0n) is 9.64. The molecule has 0 spiro atoms. The normalized spacial score (nSPS) is 24.5. The number of rotatable bonds is 1. The summed E-state index contributed by atoms with van der Waals surface area (Å²) in [4.78, 5) is 6.28. The number of hydrogen-bond donors (Lipinski definition) is 0. The number of ether oxygens (including phenoxy) is 1. The van der Waals surface area contributed by atoms with Crippen molar-refractivity contribution in [3.05, 3.63) is 11.5 Å². The molecule has 0 bridgehead atoms. The number of halogens is 1. The Hall–Kier alpha value is -0.940. The summed E-state index contributed by atoms with van der Waals surface area (Å²) in [7, 11) is 0. The molecule has 0 saturated carbocycles. The monoisotopic (exact) mass is 242 g/mol. The van der Waals surface area contributed by atoms with Crippen LogP contribution in [0, 0.1) is 0 Å². The Morgan fingerprint density at radius 1 is 1.56 bits per heavy atom. The van der Waals surface area contributed by atoms with Crippen LogP contribution in [0.3, 0.4) is 0 Å². The molecule has 6 heteroatoms. The van der Waals surface area contributed by atoms with Crippen LogP contribution in [0.1, 0.15) is 20.8 Å². The summed E-state index contributed by atoms with van der Waals surface area (Å²) in [5.41, 5.74) is -0.185. The predicted octanol–water partition coefficient (Wildman–Crippen LogP) is 1.53. The molecule has 1 unspecified atom stereocenters. The van der Waals surface area contributed by atoms with Gasteiger partial charge < -0.3 is 9.64 Å². The van der Waals surface area contributed by atoms with Crippen LogP contribution in [0.5, 0.6) is 0 Å². The first-order valence-electron chi connectivity index (χ1n) is 5.24. The molecule has 1 fully saturated rings. The van der Waals surface area contributed by atoms with Crippen molar-refractivity contribution in [1.82, 2.24) is 15.2 Å². The van der Waals surface area contributed by atoms with Gasteiger partial charge in [-0.25, -0.2) is 0 Å². The van der Waals surface area contributed by atoms with Gasteiger partial charge in [-0.2, -0.15) is 10.1 Å². The maximum Gasteiger partial charge on any atom is 0.244 e. The van der Waals surface area contributed by atoms with Gasteiger partial charge >= 0.3 is 0 Å². The zero-order valence-corrected chi connectivity index (χ0v) is 10.4. The molecule has 1 aliphatic rings. The second-order valence-corrected chi connectivity index (χ2v) is 4.99. The fourth-order valence-corrected chi connectivity index (χ4v) is 2.18. The van der Waals surface area contributed by atoms with Crippen molar-refractivity contribution < 1.29 is 4.74 Å². The average Bonchev–Trinajstić information content (AvgIpc) is 2.14. The van der Waals surface area contributed by atoms with Crippen molar-refractivity contribution in [3.8, 4) is 0 Å². The minimum Gasteiger partial charge on any atom is -0.369 e. The molecule has 2 heterocycles. The third-order valence-electron chi connectivity index (χ3n) is 2.41. The maximum absolute atomic E-state index is 5.82. The van der Waals surface area contributed by atoms with Gasteiger partial charge in [-0.1, -0.05) is 0 Å². The van der Waals surface area contributed by atoms with Gasteiger partial charge in [0.2, 0.25) is 5.28 Å². The Labute approximate surface area is 99.8 Å². The van der Waals surface area contributed by atoms with E-state index in [4.69, 9.17) is 16.3 Å². The molecule has 1 aliphatic heterocycles. The summed E-state index contributed by atoms with van der Waals surface area (Å²) in [6.07, 6.45) is 1.79. The third-order valence-corrected chi connectivity index (χ3v) is 2.57. The van der Waals surface area contributed by atoms with E-state index < -0.39 is 0 Å². The van der Waals surface area contributed by atoms with E-state index in [0.29, 0.717) is 0 Å². The standard InChI is InChI=1S/C10H15ClN4O/c1-7-5-15(6-10(2,3)16-7)8-4-12-14-9(11)13-8/h4,7H,5-6H2,1-3H3. The summed E-state index contributed by atoms with van der Waals surface area (Å²) in [6.45, 7) is 7.73. The van der Waals surface area contributed by atoms with Crippen LogP contribution in [0.25, 0.3) is 0 Å². The van der Waals surface area contributed by atoms with E-state index in [-0.39, 0.29) is 17.0 Å². The molecule has 0 radical (unpaired) electrons. The quantitative estimate of drug-likeness (QED) is 0.748. The van der Waals surface area contributed by atoms with Crippen LogP contribution in [0.15, 0.2) is 6.20 Å².